The Bertz CT molecular complexity index is 1060. The quantitative estimate of drug-likeness (QED) is 0.595. The second-order valence-electron chi connectivity index (χ2n) is 7.92. The molecular formula is C25H24F3N3O. The molecule has 3 aromatic carbocycles. The highest BCUT2D eigenvalue weighted by Gasteiger charge is 2.29. The Labute approximate surface area is 185 Å². The fourth-order valence-corrected chi connectivity index (χ4v) is 4.03. The highest BCUT2D eigenvalue weighted by atomic mass is 19.1. The number of urea groups is 1. The molecule has 0 bridgehead atoms. The summed E-state index contributed by atoms with van der Waals surface area (Å²) in [6.45, 7) is 4.02. The molecule has 0 aromatic heterocycles. The fraction of sp³-hybridized carbons (Fsp3) is 0.240. The second kappa shape index (κ2) is 9.44. The summed E-state index contributed by atoms with van der Waals surface area (Å²) < 4.78 is 40.9. The standard InChI is InChI=1S/C25H24F3N3O/c1-17-7-9-19(10-8-17)24(18-5-3-2-4-6-18)30-11-13-31(14-12-30)25(32)29-23-21(27)15-20(26)16-22(23)28/h2-10,15-16,24H,11-14H2,1H3,(H,29,32)/t24-/m0/s1. The van der Waals surface area contributed by atoms with Crippen LogP contribution >= 0.6 is 0 Å². The van der Waals surface area contributed by atoms with Crippen molar-refractivity contribution < 1.29 is 18.0 Å². The van der Waals surface area contributed by atoms with E-state index in [1.54, 1.807) is 0 Å². The number of benzene rings is 3. The summed E-state index contributed by atoms with van der Waals surface area (Å²) >= 11 is 0. The second-order valence-corrected chi connectivity index (χ2v) is 7.92. The fourth-order valence-electron chi connectivity index (χ4n) is 4.03. The van der Waals surface area contributed by atoms with Crippen molar-refractivity contribution >= 4 is 11.7 Å². The summed E-state index contributed by atoms with van der Waals surface area (Å²) in [5.74, 6) is -3.31. The number of halogens is 3. The minimum absolute atomic E-state index is 0.0361. The molecule has 4 rings (SSSR count). The number of amides is 2. The van der Waals surface area contributed by atoms with Crippen molar-refractivity contribution in [3.63, 3.8) is 0 Å². The Morgan fingerprint density at radius 3 is 2.00 bits per heavy atom. The normalized spacial score (nSPS) is 15.4. The first-order valence-corrected chi connectivity index (χ1v) is 10.5. The van der Waals surface area contributed by atoms with Gasteiger partial charge in [-0.1, -0.05) is 60.2 Å². The molecule has 3 aromatic rings. The van der Waals surface area contributed by atoms with Crippen LogP contribution in [0.15, 0.2) is 66.7 Å². The van der Waals surface area contributed by atoms with Crippen LogP contribution in [0.5, 0.6) is 0 Å². The van der Waals surface area contributed by atoms with Crippen LogP contribution in [-0.2, 0) is 0 Å². The first-order valence-electron chi connectivity index (χ1n) is 10.5. The zero-order valence-corrected chi connectivity index (χ0v) is 17.7. The minimum atomic E-state index is -1.14. The molecule has 1 atom stereocenters. The molecule has 2 amide bonds. The van der Waals surface area contributed by atoms with Crippen molar-refractivity contribution in [3.05, 3.63) is 101 Å². The van der Waals surface area contributed by atoms with Crippen molar-refractivity contribution in [2.45, 2.75) is 13.0 Å². The molecule has 0 saturated carbocycles. The number of carbonyl (C=O) groups is 1. The van der Waals surface area contributed by atoms with Crippen LogP contribution < -0.4 is 5.32 Å². The number of rotatable bonds is 4. The van der Waals surface area contributed by atoms with E-state index in [1.807, 2.05) is 25.1 Å². The number of anilines is 1. The Kier molecular flexibility index (Phi) is 6.46. The van der Waals surface area contributed by atoms with Crippen molar-refractivity contribution in [3.8, 4) is 0 Å². The highest BCUT2D eigenvalue weighted by Crippen LogP contribution is 2.30. The lowest BCUT2D eigenvalue weighted by atomic mass is 9.95. The SMILES string of the molecule is Cc1ccc([C@H](c2ccccc2)N2CCN(C(=O)Nc3c(F)cc(F)cc3F)CC2)cc1. The van der Waals surface area contributed by atoms with Gasteiger partial charge in [-0.15, -0.1) is 0 Å². The monoisotopic (exact) mass is 439 g/mol. The van der Waals surface area contributed by atoms with E-state index >= 15 is 0 Å². The smallest absolute Gasteiger partial charge is 0.322 e. The van der Waals surface area contributed by atoms with Crippen LogP contribution in [0, 0.1) is 24.4 Å². The van der Waals surface area contributed by atoms with Gasteiger partial charge < -0.3 is 10.2 Å². The number of hydrogen-bond donors (Lipinski definition) is 1. The van der Waals surface area contributed by atoms with Gasteiger partial charge in [0.2, 0.25) is 0 Å². The lowest BCUT2D eigenvalue weighted by Gasteiger charge is -2.39. The van der Waals surface area contributed by atoms with Crippen molar-refractivity contribution in [1.82, 2.24) is 9.80 Å². The predicted octanol–water partition coefficient (Wildman–Crippen LogP) is 5.35. The topological polar surface area (TPSA) is 35.6 Å². The van der Waals surface area contributed by atoms with E-state index in [2.05, 4.69) is 46.6 Å². The summed E-state index contributed by atoms with van der Waals surface area (Å²) in [7, 11) is 0. The number of nitrogens with one attached hydrogen (secondary N) is 1. The van der Waals surface area contributed by atoms with Crippen LogP contribution in [0.4, 0.5) is 23.7 Å². The van der Waals surface area contributed by atoms with Crippen molar-refractivity contribution in [1.29, 1.82) is 0 Å². The summed E-state index contributed by atoms with van der Waals surface area (Å²) in [5.41, 5.74) is 2.86. The van der Waals surface area contributed by atoms with E-state index in [1.165, 1.54) is 10.5 Å². The molecule has 4 nitrogen and oxygen atoms in total. The molecule has 32 heavy (non-hydrogen) atoms. The lowest BCUT2D eigenvalue weighted by Crippen LogP contribution is -2.51. The van der Waals surface area contributed by atoms with Crippen LogP contribution in [0.3, 0.4) is 0 Å². The van der Waals surface area contributed by atoms with E-state index < -0.39 is 29.2 Å². The highest BCUT2D eigenvalue weighted by molar-refractivity contribution is 5.89. The molecule has 1 heterocycles. The van der Waals surface area contributed by atoms with Crippen LogP contribution in [0.2, 0.25) is 0 Å². The third-order valence-corrected chi connectivity index (χ3v) is 5.71. The summed E-state index contributed by atoms with van der Waals surface area (Å²) in [5, 5.41) is 2.24. The molecular weight excluding hydrogens is 415 g/mol. The lowest BCUT2D eigenvalue weighted by molar-refractivity contribution is 0.126. The van der Waals surface area contributed by atoms with Gasteiger partial charge >= 0.3 is 6.03 Å². The molecule has 1 aliphatic rings. The first kappa shape index (κ1) is 21.9. The van der Waals surface area contributed by atoms with Gasteiger partial charge in [0.15, 0.2) is 11.6 Å². The Morgan fingerprint density at radius 1 is 0.844 bits per heavy atom. The van der Waals surface area contributed by atoms with E-state index in [0.717, 1.165) is 11.1 Å². The van der Waals surface area contributed by atoms with Gasteiger partial charge in [-0.05, 0) is 18.1 Å². The number of nitrogens with zero attached hydrogens (tertiary/aromatic N) is 2. The van der Waals surface area contributed by atoms with Crippen LogP contribution in [0.25, 0.3) is 0 Å². The molecule has 1 N–H and O–H groups in total. The average molecular weight is 439 g/mol. The predicted molar refractivity (Wildman–Crippen MR) is 118 cm³/mol. The molecule has 7 heteroatoms. The Hall–Kier alpha value is -3.32. The van der Waals surface area contributed by atoms with E-state index in [-0.39, 0.29) is 6.04 Å². The van der Waals surface area contributed by atoms with Crippen molar-refractivity contribution in [2.75, 3.05) is 31.5 Å². The zero-order chi connectivity index (χ0) is 22.7. The number of piperazine rings is 1. The Morgan fingerprint density at radius 2 is 1.41 bits per heavy atom. The first-order chi connectivity index (χ1) is 15.4. The molecule has 1 aliphatic heterocycles. The third kappa shape index (κ3) is 4.78. The number of aryl methyl sites for hydroxylation is 1. The Balaban J connectivity index is 1.47. The van der Waals surface area contributed by atoms with Gasteiger partial charge in [0.25, 0.3) is 0 Å². The van der Waals surface area contributed by atoms with Crippen molar-refractivity contribution in [2.24, 2.45) is 0 Å². The van der Waals surface area contributed by atoms with Gasteiger partial charge in [-0.25, -0.2) is 18.0 Å². The largest absolute Gasteiger partial charge is 0.322 e. The molecule has 0 unspecified atom stereocenters. The maximum absolute atomic E-state index is 13.9. The summed E-state index contributed by atoms with van der Waals surface area (Å²) in [6.07, 6.45) is 0. The molecule has 0 aliphatic carbocycles. The molecule has 0 spiro atoms. The maximum atomic E-state index is 13.9. The van der Waals surface area contributed by atoms with Crippen LogP contribution in [-0.4, -0.2) is 42.0 Å². The van der Waals surface area contributed by atoms with Crippen LogP contribution in [0.1, 0.15) is 22.7 Å². The summed E-state index contributed by atoms with van der Waals surface area (Å²) in [6, 6.07) is 19.1. The third-order valence-electron chi connectivity index (χ3n) is 5.71. The molecule has 166 valence electrons. The van der Waals surface area contributed by atoms with E-state index in [9.17, 15) is 18.0 Å². The van der Waals surface area contributed by atoms with E-state index in [4.69, 9.17) is 0 Å². The number of hydrogen-bond acceptors (Lipinski definition) is 2. The minimum Gasteiger partial charge on any atom is -0.322 e. The number of carbonyl (C=O) groups excluding carboxylic acids is 1. The van der Waals surface area contributed by atoms with Gasteiger partial charge in [-0.2, -0.15) is 0 Å². The summed E-state index contributed by atoms with van der Waals surface area (Å²) in [4.78, 5) is 16.4. The van der Waals surface area contributed by atoms with Gasteiger partial charge in [0.05, 0.1) is 6.04 Å². The average Bonchev–Trinajstić information content (AvgIpc) is 2.79. The van der Waals surface area contributed by atoms with Gasteiger partial charge in [0.1, 0.15) is 11.5 Å². The van der Waals surface area contributed by atoms with E-state index in [0.29, 0.717) is 38.3 Å². The van der Waals surface area contributed by atoms with Gasteiger partial charge in [0, 0.05) is 38.3 Å². The molecule has 1 saturated heterocycles. The molecule has 0 radical (unpaired) electrons. The maximum Gasteiger partial charge on any atom is 0.322 e. The zero-order valence-electron chi connectivity index (χ0n) is 17.7. The molecule has 1 fully saturated rings. The van der Waals surface area contributed by atoms with Gasteiger partial charge in [-0.3, -0.25) is 4.90 Å².